The van der Waals surface area contributed by atoms with Gasteiger partial charge in [-0.3, -0.25) is 4.68 Å². The van der Waals surface area contributed by atoms with Crippen LogP contribution in [0, 0.1) is 6.92 Å². The highest BCUT2D eigenvalue weighted by Crippen LogP contribution is 2.13. The minimum absolute atomic E-state index is 0.103. The van der Waals surface area contributed by atoms with Gasteiger partial charge in [-0.25, -0.2) is 4.98 Å². The number of nitrogens with two attached hydrogens (primary N) is 1. The van der Waals surface area contributed by atoms with E-state index in [4.69, 9.17) is 5.73 Å². The van der Waals surface area contributed by atoms with Crippen molar-refractivity contribution in [2.24, 2.45) is 12.8 Å². The first-order valence-corrected chi connectivity index (χ1v) is 5.34. The van der Waals surface area contributed by atoms with Crippen LogP contribution < -0.4 is 5.73 Å². The summed E-state index contributed by atoms with van der Waals surface area (Å²) in [5.74, 6) is 1.60. The lowest BCUT2D eigenvalue weighted by molar-refractivity contribution is 0.601. The molecule has 0 fully saturated rings. The van der Waals surface area contributed by atoms with Gasteiger partial charge in [0.25, 0.3) is 0 Å². The van der Waals surface area contributed by atoms with Gasteiger partial charge in [0, 0.05) is 7.05 Å². The van der Waals surface area contributed by atoms with Crippen LogP contribution in [0.1, 0.15) is 23.3 Å². The van der Waals surface area contributed by atoms with Gasteiger partial charge in [0.05, 0.1) is 6.04 Å². The smallest absolute Gasteiger partial charge is 0.147 e. The third-order valence-electron chi connectivity index (χ3n) is 2.53. The van der Waals surface area contributed by atoms with Gasteiger partial charge in [-0.15, -0.1) is 0 Å². The van der Waals surface area contributed by atoms with Crippen LogP contribution in [0.3, 0.4) is 0 Å². The maximum Gasteiger partial charge on any atom is 0.147 e. The van der Waals surface area contributed by atoms with Gasteiger partial charge in [0.15, 0.2) is 0 Å². The minimum atomic E-state index is -0.103. The molecular weight excluding hydrogens is 200 g/mol. The highest BCUT2D eigenvalue weighted by molar-refractivity contribution is 5.17. The van der Waals surface area contributed by atoms with Gasteiger partial charge in [-0.2, -0.15) is 5.10 Å². The van der Waals surface area contributed by atoms with E-state index >= 15 is 0 Å². The molecule has 0 bridgehead atoms. The molecule has 0 spiro atoms. The van der Waals surface area contributed by atoms with Crippen molar-refractivity contribution in [3.8, 4) is 0 Å². The summed E-state index contributed by atoms with van der Waals surface area (Å²) in [6, 6.07) is 10.1. The Kier molecular flexibility index (Phi) is 3.01. The molecule has 4 heteroatoms. The Bertz CT molecular complexity index is 461. The summed E-state index contributed by atoms with van der Waals surface area (Å²) in [5, 5.41) is 4.20. The summed E-state index contributed by atoms with van der Waals surface area (Å²) >= 11 is 0. The predicted molar refractivity (Wildman–Crippen MR) is 62.8 cm³/mol. The van der Waals surface area contributed by atoms with Crippen molar-refractivity contribution in [2.45, 2.75) is 19.4 Å². The highest BCUT2D eigenvalue weighted by atomic mass is 15.3. The fourth-order valence-electron chi connectivity index (χ4n) is 1.81. The average Bonchev–Trinajstić information content (AvgIpc) is 2.59. The molecule has 2 rings (SSSR count). The van der Waals surface area contributed by atoms with Crippen LogP contribution >= 0.6 is 0 Å². The first-order chi connectivity index (χ1) is 7.66. The molecule has 0 amide bonds. The maximum atomic E-state index is 6.12. The van der Waals surface area contributed by atoms with Gasteiger partial charge < -0.3 is 5.73 Å². The number of aromatic nitrogens is 3. The molecule has 0 radical (unpaired) electrons. The maximum absolute atomic E-state index is 6.12. The lowest BCUT2D eigenvalue weighted by Crippen LogP contribution is -2.18. The third kappa shape index (κ3) is 2.28. The van der Waals surface area contributed by atoms with Crippen molar-refractivity contribution in [1.82, 2.24) is 14.8 Å². The van der Waals surface area contributed by atoms with Gasteiger partial charge in [0.1, 0.15) is 11.6 Å². The summed E-state index contributed by atoms with van der Waals surface area (Å²) < 4.78 is 1.75. The Morgan fingerprint density at radius 1 is 1.31 bits per heavy atom. The van der Waals surface area contributed by atoms with Crippen LogP contribution in [0.4, 0.5) is 0 Å². The molecule has 84 valence electrons. The summed E-state index contributed by atoms with van der Waals surface area (Å²) in [6.45, 7) is 1.87. The minimum Gasteiger partial charge on any atom is -0.321 e. The summed E-state index contributed by atoms with van der Waals surface area (Å²) in [5.41, 5.74) is 7.34. The molecule has 1 unspecified atom stereocenters. The van der Waals surface area contributed by atoms with Crippen LogP contribution in [-0.4, -0.2) is 14.8 Å². The fourth-order valence-corrected chi connectivity index (χ4v) is 1.81. The lowest BCUT2D eigenvalue weighted by Gasteiger charge is -2.10. The zero-order valence-electron chi connectivity index (χ0n) is 9.59. The SMILES string of the molecule is Cc1nc(C(N)Cc2ccccc2)n(C)n1. The molecule has 2 N–H and O–H groups in total. The van der Waals surface area contributed by atoms with Gasteiger partial charge in [0.2, 0.25) is 0 Å². The molecule has 1 heterocycles. The number of benzene rings is 1. The molecule has 1 aromatic carbocycles. The van der Waals surface area contributed by atoms with Crippen molar-refractivity contribution < 1.29 is 0 Å². The van der Waals surface area contributed by atoms with Crippen LogP contribution in [0.5, 0.6) is 0 Å². The quantitative estimate of drug-likeness (QED) is 0.843. The van der Waals surface area contributed by atoms with E-state index in [2.05, 4.69) is 22.2 Å². The summed E-state index contributed by atoms with van der Waals surface area (Å²) in [4.78, 5) is 4.33. The summed E-state index contributed by atoms with van der Waals surface area (Å²) in [6.07, 6.45) is 0.785. The molecule has 0 aliphatic carbocycles. The molecule has 0 aliphatic rings. The zero-order valence-corrected chi connectivity index (χ0v) is 9.59. The summed E-state index contributed by atoms with van der Waals surface area (Å²) in [7, 11) is 1.88. The van der Waals surface area contributed by atoms with Gasteiger partial charge >= 0.3 is 0 Å². The predicted octanol–water partition coefficient (Wildman–Crippen LogP) is 1.37. The second-order valence-electron chi connectivity index (χ2n) is 3.94. The van der Waals surface area contributed by atoms with Gasteiger partial charge in [-0.05, 0) is 18.9 Å². The molecule has 16 heavy (non-hydrogen) atoms. The Morgan fingerprint density at radius 2 is 2.00 bits per heavy atom. The van der Waals surface area contributed by atoms with E-state index in [9.17, 15) is 0 Å². The normalized spacial score (nSPS) is 12.7. The van der Waals surface area contributed by atoms with E-state index in [0.717, 1.165) is 18.1 Å². The number of nitrogens with zero attached hydrogens (tertiary/aromatic N) is 3. The van der Waals surface area contributed by atoms with E-state index in [1.54, 1.807) is 4.68 Å². The van der Waals surface area contributed by atoms with E-state index < -0.39 is 0 Å². The standard InChI is InChI=1S/C12H16N4/c1-9-14-12(16(2)15-9)11(13)8-10-6-4-3-5-7-10/h3-7,11H,8,13H2,1-2H3. The van der Waals surface area contributed by atoms with E-state index in [-0.39, 0.29) is 6.04 Å². The number of aryl methyl sites for hydroxylation is 2. The van der Waals surface area contributed by atoms with E-state index in [0.29, 0.717) is 0 Å². The van der Waals surface area contributed by atoms with Gasteiger partial charge in [-0.1, -0.05) is 30.3 Å². The van der Waals surface area contributed by atoms with Crippen LogP contribution in [0.2, 0.25) is 0 Å². The van der Waals surface area contributed by atoms with Crippen molar-refractivity contribution in [1.29, 1.82) is 0 Å². The molecule has 0 aliphatic heterocycles. The third-order valence-corrected chi connectivity index (χ3v) is 2.53. The monoisotopic (exact) mass is 216 g/mol. The fraction of sp³-hybridized carbons (Fsp3) is 0.333. The van der Waals surface area contributed by atoms with Crippen LogP contribution in [0.25, 0.3) is 0 Å². The Morgan fingerprint density at radius 3 is 2.56 bits per heavy atom. The van der Waals surface area contributed by atoms with Crippen molar-refractivity contribution >= 4 is 0 Å². The molecule has 4 nitrogen and oxygen atoms in total. The van der Waals surface area contributed by atoms with Crippen LogP contribution in [-0.2, 0) is 13.5 Å². The van der Waals surface area contributed by atoms with Crippen LogP contribution in [0.15, 0.2) is 30.3 Å². The van der Waals surface area contributed by atoms with E-state index in [1.165, 1.54) is 5.56 Å². The average molecular weight is 216 g/mol. The molecule has 2 aromatic rings. The molecule has 0 saturated carbocycles. The first kappa shape index (κ1) is 10.8. The van der Waals surface area contributed by atoms with Crippen molar-refractivity contribution in [3.05, 3.63) is 47.5 Å². The largest absolute Gasteiger partial charge is 0.321 e. The van der Waals surface area contributed by atoms with Crippen molar-refractivity contribution in [3.63, 3.8) is 0 Å². The Balaban J connectivity index is 2.14. The second-order valence-corrected chi connectivity index (χ2v) is 3.94. The first-order valence-electron chi connectivity index (χ1n) is 5.34. The highest BCUT2D eigenvalue weighted by Gasteiger charge is 2.13. The molecule has 1 aromatic heterocycles. The zero-order chi connectivity index (χ0) is 11.5. The number of hydrogen-bond acceptors (Lipinski definition) is 3. The topological polar surface area (TPSA) is 56.7 Å². The molecule has 1 atom stereocenters. The Labute approximate surface area is 95.1 Å². The lowest BCUT2D eigenvalue weighted by atomic mass is 10.1. The second kappa shape index (κ2) is 4.45. The number of rotatable bonds is 3. The molecular formula is C12H16N4. The number of hydrogen-bond donors (Lipinski definition) is 1. The van der Waals surface area contributed by atoms with Crippen molar-refractivity contribution in [2.75, 3.05) is 0 Å². The Hall–Kier alpha value is -1.68. The van der Waals surface area contributed by atoms with E-state index in [1.807, 2.05) is 32.2 Å². The molecule has 0 saturated heterocycles.